The van der Waals surface area contributed by atoms with Crippen LogP contribution in [0.25, 0.3) is 0 Å². The average Bonchev–Trinajstić information content (AvgIpc) is 2.80. The number of hydrogen-bond acceptors (Lipinski definition) is 3. The predicted octanol–water partition coefficient (Wildman–Crippen LogP) is 3.32. The summed E-state index contributed by atoms with van der Waals surface area (Å²) >= 11 is 3.46. The van der Waals surface area contributed by atoms with E-state index in [1.54, 1.807) is 7.11 Å². The molecular weight excluding hydrogens is 332 g/mol. The maximum atomic E-state index is 12.3. The van der Waals surface area contributed by atoms with Gasteiger partial charge in [-0.05, 0) is 59.7 Å². The van der Waals surface area contributed by atoms with Crippen molar-refractivity contribution in [3.8, 4) is 5.75 Å². The van der Waals surface area contributed by atoms with Gasteiger partial charge in [0.2, 0.25) is 5.91 Å². The summed E-state index contributed by atoms with van der Waals surface area (Å²) in [5.74, 6) is 1.34. The Kier molecular flexibility index (Phi) is 4.50. The standard InChI is InChI=1S/C16H21BrN2O2/c1-21-13-4-5-14(17)15(9-13)19-16(20)8-10-6-11-2-3-12(7-10)18-11/h4-5,9-12,18H,2-3,6-8H2,1H3,(H,19,20). The number of anilines is 1. The summed E-state index contributed by atoms with van der Waals surface area (Å²) in [7, 11) is 1.62. The van der Waals surface area contributed by atoms with Gasteiger partial charge < -0.3 is 15.4 Å². The van der Waals surface area contributed by atoms with Crippen LogP contribution in [0.4, 0.5) is 5.69 Å². The summed E-state index contributed by atoms with van der Waals surface area (Å²) in [6.07, 6.45) is 5.40. The van der Waals surface area contributed by atoms with Gasteiger partial charge in [-0.25, -0.2) is 0 Å². The van der Waals surface area contributed by atoms with E-state index >= 15 is 0 Å². The van der Waals surface area contributed by atoms with Crippen LogP contribution in [0, 0.1) is 5.92 Å². The van der Waals surface area contributed by atoms with Gasteiger partial charge in [-0.3, -0.25) is 4.79 Å². The second-order valence-electron chi connectivity index (χ2n) is 6.07. The number of amides is 1. The first-order valence-corrected chi connectivity index (χ1v) is 8.33. The van der Waals surface area contributed by atoms with Crippen molar-refractivity contribution in [2.24, 2.45) is 5.92 Å². The Morgan fingerprint density at radius 3 is 2.76 bits per heavy atom. The Hall–Kier alpha value is -1.07. The van der Waals surface area contributed by atoms with Crippen LogP contribution < -0.4 is 15.4 Å². The minimum atomic E-state index is 0.0928. The normalized spacial score (nSPS) is 27.4. The number of ether oxygens (including phenoxy) is 1. The number of hydrogen-bond donors (Lipinski definition) is 2. The Morgan fingerprint density at radius 1 is 1.38 bits per heavy atom. The Bertz CT molecular complexity index is 523. The zero-order chi connectivity index (χ0) is 14.8. The quantitative estimate of drug-likeness (QED) is 0.873. The minimum absolute atomic E-state index is 0.0928. The molecule has 0 saturated carbocycles. The number of nitrogens with one attached hydrogen (secondary N) is 2. The number of benzene rings is 1. The molecule has 2 N–H and O–H groups in total. The van der Waals surface area contributed by atoms with Crippen LogP contribution in [-0.4, -0.2) is 25.1 Å². The molecule has 0 aromatic heterocycles. The van der Waals surface area contributed by atoms with Gasteiger partial charge in [0.15, 0.2) is 0 Å². The highest BCUT2D eigenvalue weighted by Gasteiger charge is 2.34. The Labute approximate surface area is 133 Å². The number of piperidine rings is 1. The molecule has 2 aliphatic heterocycles. The van der Waals surface area contributed by atoms with Crippen molar-refractivity contribution < 1.29 is 9.53 Å². The lowest BCUT2D eigenvalue weighted by molar-refractivity contribution is -0.117. The van der Waals surface area contributed by atoms with E-state index in [9.17, 15) is 4.79 Å². The molecule has 114 valence electrons. The van der Waals surface area contributed by atoms with Crippen molar-refractivity contribution in [2.45, 2.75) is 44.2 Å². The third-order valence-corrected chi connectivity index (χ3v) is 5.18. The van der Waals surface area contributed by atoms with E-state index in [1.807, 2.05) is 18.2 Å². The molecule has 2 saturated heterocycles. The third kappa shape index (κ3) is 3.58. The molecule has 4 nitrogen and oxygen atoms in total. The van der Waals surface area contributed by atoms with Crippen molar-refractivity contribution in [1.29, 1.82) is 0 Å². The fourth-order valence-electron chi connectivity index (χ4n) is 3.53. The largest absolute Gasteiger partial charge is 0.497 e. The molecule has 1 aromatic carbocycles. The second kappa shape index (κ2) is 6.36. The van der Waals surface area contributed by atoms with E-state index in [2.05, 4.69) is 26.6 Å². The Balaban J connectivity index is 1.59. The minimum Gasteiger partial charge on any atom is -0.497 e. The highest BCUT2D eigenvalue weighted by atomic mass is 79.9. The van der Waals surface area contributed by atoms with E-state index in [4.69, 9.17) is 4.74 Å². The summed E-state index contributed by atoms with van der Waals surface area (Å²) in [5.41, 5.74) is 0.774. The number of fused-ring (bicyclic) bond motifs is 2. The lowest BCUT2D eigenvalue weighted by Gasteiger charge is -2.28. The summed E-state index contributed by atoms with van der Waals surface area (Å²) in [4.78, 5) is 12.3. The fourth-order valence-corrected chi connectivity index (χ4v) is 3.88. The monoisotopic (exact) mass is 352 g/mol. The van der Waals surface area contributed by atoms with Crippen LogP contribution in [0.3, 0.4) is 0 Å². The number of carbonyl (C=O) groups excluding carboxylic acids is 1. The maximum absolute atomic E-state index is 12.3. The van der Waals surface area contributed by atoms with Crippen LogP contribution >= 0.6 is 15.9 Å². The molecule has 0 radical (unpaired) electrons. The molecule has 0 aliphatic carbocycles. The molecule has 5 heteroatoms. The highest BCUT2D eigenvalue weighted by Crippen LogP contribution is 2.33. The van der Waals surface area contributed by atoms with Crippen molar-refractivity contribution in [3.63, 3.8) is 0 Å². The topological polar surface area (TPSA) is 50.4 Å². The molecule has 3 rings (SSSR count). The number of rotatable bonds is 4. The van der Waals surface area contributed by atoms with Crippen molar-refractivity contribution in [3.05, 3.63) is 22.7 Å². The van der Waals surface area contributed by atoms with E-state index in [0.717, 1.165) is 28.8 Å². The van der Waals surface area contributed by atoms with Gasteiger partial charge in [0.05, 0.1) is 12.8 Å². The van der Waals surface area contributed by atoms with E-state index < -0.39 is 0 Å². The molecule has 1 aromatic rings. The van der Waals surface area contributed by atoms with Gasteiger partial charge in [-0.1, -0.05) is 0 Å². The fraction of sp³-hybridized carbons (Fsp3) is 0.562. The summed E-state index contributed by atoms with van der Waals surface area (Å²) in [6, 6.07) is 6.85. The van der Waals surface area contributed by atoms with Gasteiger partial charge in [0, 0.05) is 29.0 Å². The molecular formula is C16H21BrN2O2. The van der Waals surface area contributed by atoms with Crippen LogP contribution in [0.1, 0.15) is 32.1 Å². The first kappa shape index (κ1) is 14.9. The first-order valence-electron chi connectivity index (χ1n) is 7.53. The zero-order valence-corrected chi connectivity index (χ0v) is 13.8. The molecule has 21 heavy (non-hydrogen) atoms. The molecule has 2 aliphatic rings. The number of methoxy groups -OCH3 is 1. The smallest absolute Gasteiger partial charge is 0.224 e. The predicted molar refractivity (Wildman–Crippen MR) is 86.6 cm³/mol. The van der Waals surface area contributed by atoms with Gasteiger partial charge >= 0.3 is 0 Å². The zero-order valence-electron chi connectivity index (χ0n) is 12.2. The summed E-state index contributed by atoms with van der Waals surface area (Å²) < 4.78 is 6.07. The van der Waals surface area contributed by atoms with Gasteiger partial charge in [-0.15, -0.1) is 0 Å². The molecule has 2 unspecified atom stereocenters. The molecule has 2 bridgehead atoms. The summed E-state index contributed by atoms with van der Waals surface area (Å²) in [6.45, 7) is 0. The van der Waals surface area contributed by atoms with Gasteiger partial charge in [-0.2, -0.15) is 0 Å². The van der Waals surface area contributed by atoms with E-state index in [1.165, 1.54) is 12.8 Å². The number of halogens is 1. The van der Waals surface area contributed by atoms with Gasteiger partial charge in [0.25, 0.3) is 0 Å². The molecule has 2 atom stereocenters. The van der Waals surface area contributed by atoms with Crippen LogP contribution in [-0.2, 0) is 4.79 Å². The molecule has 2 heterocycles. The first-order chi connectivity index (χ1) is 10.1. The van der Waals surface area contributed by atoms with Crippen molar-refractivity contribution >= 4 is 27.5 Å². The van der Waals surface area contributed by atoms with Crippen LogP contribution in [0.5, 0.6) is 5.75 Å². The van der Waals surface area contributed by atoms with Crippen LogP contribution in [0.15, 0.2) is 22.7 Å². The van der Waals surface area contributed by atoms with Gasteiger partial charge in [0.1, 0.15) is 5.75 Å². The molecule has 2 fully saturated rings. The SMILES string of the molecule is COc1ccc(Br)c(NC(=O)CC2CC3CCC(C2)N3)c1. The lowest BCUT2D eigenvalue weighted by atomic mass is 9.89. The van der Waals surface area contributed by atoms with Crippen LogP contribution in [0.2, 0.25) is 0 Å². The van der Waals surface area contributed by atoms with Crippen molar-refractivity contribution in [1.82, 2.24) is 5.32 Å². The molecule has 1 amide bonds. The average molecular weight is 353 g/mol. The second-order valence-corrected chi connectivity index (χ2v) is 6.93. The van der Waals surface area contributed by atoms with E-state index in [0.29, 0.717) is 24.4 Å². The number of carbonyl (C=O) groups is 1. The lowest BCUT2D eigenvalue weighted by Crippen LogP contribution is -2.39. The van der Waals surface area contributed by atoms with E-state index in [-0.39, 0.29) is 5.91 Å². The molecule has 0 spiro atoms. The summed E-state index contributed by atoms with van der Waals surface area (Å²) in [5, 5.41) is 6.61. The maximum Gasteiger partial charge on any atom is 0.224 e. The highest BCUT2D eigenvalue weighted by molar-refractivity contribution is 9.10. The Morgan fingerprint density at radius 2 is 2.10 bits per heavy atom. The van der Waals surface area contributed by atoms with Crippen molar-refractivity contribution in [2.75, 3.05) is 12.4 Å². The third-order valence-electron chi connectivity index (χ3n) is 4.49.